The highest BCUT2D eigenvalue weighted by Crippen LogP contribution is 2.27. The van der Waals surface area contributed by atoms with Gasteiger partial charge in [0.15, 0.2) is 5.82 Å². The molecule has 2 fully saturated rings. The van der Waals surface area contributed by atoms with Crippen LogP contribution >= 0.6 is 24.8 Å². The fourth-order valence-corrected chi connectivity index (χ4v) is 3.22. The SMILES string of the molecule is Cc1nc(C2CN(C(=O)C3CCCC(N)C3)CCO2)n[nH]1.Cl.Cl. The number of morpholine rings is 1. The standard InChI is InChI=1S/C14H23N5O2.2ClH/c1-9-16-13(18-17-9)12-8-19(5-6-21-12)14(20)10-3-2-4-11(15)7-10;;/h10-12H,2-8,15H2,1H3,(H,16,17,18);2*1H. The summed E-state index contributed by atoms with van der Waals surface area (Å²) in [4.78, 5) is 18.8. The Hall–Kier alpha value is -0.890. The number of aromatic nitrogens is 3. The Morgan fingerprint density at radius 3 is 2.83 bits per heavy atom. The molecule has 3 unspecified atom stereocenters. The summed E-state index contributed by atoms with van der Waals surface area (Å²) in [5, 5.41) is 6.96. The first-order valence-electron chi connectivity index (χ1n) is 7.68. The Bertz CT molecular complexity index is 513. The molecule has 7 nitrogen and oxygen atoms in total. The third-order valence-corrected chi connectivity index (χ3v) is 4.34. The van der Waals surface area contributed by atoms with Gasteiger partial charge in [-0.05, 0) is 26.2 Å². The topological polar surface area (TPSA) is 97.1 Å². The molecule has 2 heterocycles. The summed E-state index contributed by atoms with van der Waals surface area (Å²) in [6.45, 7) is 3.56. The lowest BCUT2D eigenvalue weighted by Gasteiger charge is -2.36. The Morgan fingerprint density at radius 1 is 1.39 bits per heavy atom. The van der Waals surface area contributed by atoms with E-state index < -0.39 is 0 Å². The molecule has 1 amide bonds. The number of aromatic amines is 1. The van der Waals surface area contributed by atoms with Crippen LogP contribution in [0.5, 0.6) is 0 Å². The van der Waals surface area contributed by atoms with Crippen LogP contribution in [0.25, 0.3) is 0 Å². The van der Waals surface area contributed by atoms with E-state index in [2.05, 4.69) is 15.2 Å². The first-order valence-corrected chi connectivity index (χ1v) is 7.68. The fraction of sp³-hybridized carbons (Fsp3) is 0.786. The first-order chi connectivity index (χ1) is 10.1. The van der Waals surface area contributed by atoms with Crippen molar-refractivity contribution in [2.75, 3.05) is 19.7 Å². The molecule has 9 heteroatoms. The number of rotatable bonds is 2. The number of aryl methyl sites for hydroxylation is 1. The fourth-order valence-electron chi connectivity index (χ4n) is 3.22. The quantitative estimate of drug-likeness (QED) is 0.824. The molecule has 132 valence electrons. The van der Waals surface area contributed by atoms with E-state index in [0.717, 1.165) is 31.5 Å². The van der Waals surface area contributed by atoms with Crippen molar-refractivity contribution in [2.45, 2.75) is 44.8 Å². The number of ether oxygens (including phenoxy) is 1. The summed E-state index contributed by atoms with van der Waals surface area (Å²) in [7, 11) is 0. The average molecular weight is 366 g/mol. The van der Waals surface area contributed by atoms with Crippen molar-refractivity contribution >= 4 is 30.7 Å². The van der Waals surface area contributed by atoms with E-state index in [1.807, 2.05) is 11.8 Å². The van der Waals surface area contributed by atoms with Crippen LogP contribution in [-0.4, -0.2) is 51.7 Å². The highest BCUT2D eigenvalue weighted by Gasteiger charge is 2.33. The minimum absolute atomic E-state index is 0. The zero-order chi connectivity index (χ0) is 14.8. The molecular weight excluding hydrogens is 341 g/mol. The van der Waals surface area contributed by atoms with Gasteiger partial charge in [-0.1, -0.05) is 6.42 Å². The smallest absolute Gasteiger partial charge is 0.225 e. The van der Waals surface area contributed by atoms with Gasteiger partial charge < -0.3 is 15.4 Å². The van der Waals surface area contributed by atoms with E-state index >= 15 is 0 Å². The van der Waals surface area contributed by atoms with Crippen LogP contribution in [0.2, 0.25) is 0 Å². The second-order valence-electron chi connectivity index (χ2n) is 6.05. The lowest BCUT2D eigenvalue weighted by molar-refractivity contribution is -0.144. The minimum Gasteiger partial charge on any atom is -0.366 e. The number of halogens is 2. The van der Waals surface area contributed by atoms with Gasteiger partial charge in [-0.15, -0.1) is 24.8 Å². The molecule has 2 aliphatic rings. The molecule has 1 aliphatic heterocycles. The van der Waals surface area contributed by atoms with Gasteiger partial charge in [0.1, 0.15) is 11.9 Å². The van der Waals surface area contributed by atoms with Gasteiger partial charge in [-0.25, -0.2) is 4.98 Å². The van der Waals surface area contributed by atoms with Gasteiger partial charge in [0.2, 0.25) is 5.91 Å². The number of hydrogen-bond donors (Lipinski definition) is 2. The van der Waals surface area contributed by atoms with Crippen molar-refractivity contribution < 1.29 is 9.53 Å². The van der Waals surface area contributed by atoms with Crippen LogP contribution in [0.1, 0.15) is 43.4 Å². The number of hydrogen-bond acceptors (Lipinski definition) is 5. The van der Waals surface area contributed by atoms with Crippen LogP contribution in [0, 0.1) is 12.8 Å². The first kappa shape index (κ1) is 20.2. The molecular formula is C14H25Cl2N5O2. The van der Waals surface area contributed by atoms with Gasteiger partial charge in [-0.2, -0.15) is 5.10 Å². The van der Waals surface area contributed by atoms with Crippen molar-refractivity contribution in [1.29, 1.82) is 0 Å². The molecule has 0 bridgehead atoms. The van der Waals surface area contributed by atoms with Crippen molar-refractivity contribution in [3.8, 4) is 0 Å². The summed E-state index contributed by atoms with van der Waals surface area (Å²) < 4.78 is 5.70. The maximum Gasteiger partial charge on any atom is 0.225 e. The Kier molecular flexibility index (Phi) is 7.73. The Morgan fingerprint density at radius 2 is 2.17 bits per heavy atom. The number of carbonyl (C=O) groups excluding carboxylic acids is 1. The highest BCUT2D eigenvalue weighted by atomic mass is 35.5. The highest BCUT2D eigenvalue weighted by molar-refractivity contribution is 5.85. The average Bonchev–Trinajstić information content (AvgIpc) is 2.93. The van der Waals surface area contributed by atoms with Crippen LogP contribution < -0.4 is 5.73 Å². The van der Waals surface area contributed by atoms with Gasteiger partial charge in [-0.3, -0.25) is 9.89 Å². The number of nitrogens with one attached hydrogen (secondary N) is 1. The second kappa shape index (κ2) is 8.82. The van der Waals surface area contributed by atoms with E-state index in [-0.39, 0.29) is 48.8 Å². The third kappa shape index (κ3) is 4.79. The Balaban J connectivity index is 0.00000132. The van der Waals surface area contributed by atoms with Gasteiger partial charge in [0.05, 0.1) is 13.2 Å². The predicted octanol–water partition coefficient (Wildman–Crippen LogP) is 1.37. The Labute approximate surface area is 148 Å². The van der Waals surface area contributed by atoms with E-state index in [9.17, 15) is 4.79 Å². The number of H-pyrrole nitrogens is 1. The zero-order valence-electron chi connectivity index (χ0n) is 13.2. The van der Waals surface area contributed by atoms with Crippen molar-refractivity contribution in [2.24, 2.45) is 11.7 Å². The normalized spacial score (nSPS) is 27.7. The number of carbonyl (C=O) groups is 1. The number of amides is 1. The molecule has 3 N–H and O–H groups in total. The molecule has 1 saturated carbocycles. The molecule has 0 aromatic carbocycles. The zero-order valence-corrected chi connectivity index (χ0v) is 14.9. The van der Waals surface area contributed by atoms with Gasteiger partial charge >= 0.3 is 0 Å². The van der Waals surface area contributed by atoms with E-state index in [1.54, 1.807) is 0 Å². The molecule has 1 saturated heterocycles. The maximum atomic E-state index is 12.6. The summed E-state index contributed by atoms with van der Waals surface area (Å²) in [6.07, 6.45) is 3.61. The van der Waals surface area contributed by atoms with Crippen molar-refractivity contribution in [3.05, 3.63) is 11.6 Å². The molecule has 1 aromatic heterocycles. The summed E-state index contributed by atoms with van der Waals surface area (Å²) in [6, 6.07) is 0.167. The van der Waals surface area contributed by atoms with E-state index in [4.69, 9.17) is 10.5 Å². The summed E-state index contributed by atoms with van der Waals surface area (Å²) in [5.41, 5.74) is 5.99. The molecule has 23 heavy (non-hydrogen) atoms. The number of nitrogens with two attached hydrogens (primary N) is 1. The summed E-state index contributed by atoms with van der Waals surface area (Å²) >= 11 is 0. The molecule has 1 aromatic rings. The van der Waals surface area contributed by atoms with Crippen LogP contribution in [0.3, 0.4) is 0 Å². The minimum atomic E-state index is -0.232. The lowest BCUT2D eigenvalue weighted by Crippen LogP contribution is -2.47. The monoisotopic (exact) mass is 365 g/mol. The van der Waals surface area contributed by atoms with Crippen LogP contribution in [0.15, 0.2) is 0 Å². The number of nitrogens with zero attached hydrogens (tertiary/aromatic N) is 3. The van der Waals surface area contributed by atoms with Crippen LogP contribution in [-0.2, 0) is 9.53 Å². The second-order valence-corrected chi connectivity index (χ2v) is 6.05. The molecule has 3 rings (SSSR count). The molecule has 0 spiro atoms. The van der Waals surface area contributed by atoms with E-state index in [0.29, 0.717) is 25.5 Å². The summed E-state index contributed by atoms with van der Waals surface area (Å²) in [5.74, 6) is 1.67. The molecule has 1 aliphatic carbocycles. The third-order valence-electron chi connectivity index (χ3n) is 4.34. The predicted molar refractivity (Wildman–Crippen MR) is 90.8 cm³/mol. The molecule has 3 atom stereocenters. The van der Waals surface area contributed by atoms with Crippen molar-refractivity contribution in [3.63, 3.8) is 0 Å². The molecule has 0 radical (unpaired) electrons. The van der Waals surface area contributed by atoms with Crippen molar-refractivity contribution in [1.82, 2.24) is 20.1 Å². The van der Waals surface area contributed by atoms with Gasteiger partial charge in [0, 0.05) is 18.5 Å². The lowest BCUT2D eigenvalue weighted by atomic mass is 9.85. The van der Waals surface area contributed by atoms with Gasteiger partial charge in [0.25, 0.3) is 0 Å². The maximum absolute atomic E-state index is 12.6. The largest absolute Gasteiger partial charge is 0.366 e. The van der Waals surface area contributed by atoms with E-state index in [1.165, 1.54) is 0 Å². The van der Waals surface area contributed by atoms with Crippen LogP contribution in [0.4, 0.5) is 0 Å².